The van der Waals surface area contributed by atoms with E-state index in [4.69, 9.17) is 5.11 Å². The lowest BCUT2D eigenvalue weighted by Gasteiger charge is -2.23. The van der Waals surface area contributed by atoms with Crippen LogP contribution in [0.3, 0.4) is 0 Å². The second-order valence-corrected chi connectivity index (χ2v) is 8.70. The van der Waals surface area contributed by atoms with Gasteiger partial charge in [-0.05, 0) is 30.4 Å². The van der Waals surface area contributed by atoms with Crippen LogP contribution < -0.4 is 10.6 Å². The van der Waals surface area contributed by atoms with E-state index in [0.717, 1.165) is 5.56 Å². The number of nitrogens with one attached hydrogen (secondary N) is 2. The Morgan fingerprint density at radius 2 is 1.83 bits per heavy atom. The predicted octanol–water partition coefficient (Wildman–Crippen LogP) is 3.18. The van der Waals surface area contributed by atoms with Crippen LogP contribution in [0.25, 0.3) is 0 Å². The molecule has 1 aromatic heterocycles. The van der Waals surface area contributed by atoms with Gasteiger partial charge < -0.3 is 15.7 Å². The molecule has 23 heavy (non-hydrogen) atoms. The van der Waals surface area contributed by atoms with Crippen LogP contribution in [0.15, 0.2) is 6.07 Å². The summed E-state index contributed by atoms with van der Waals surface area (Å²) in [4.78, 5) is 25.0. The van der Waals surface area contributed by atoms with Gasteiger partial charge in [0, 0.05) is 18.6 Å². The van der Waals surface area contributed by atoms with Crippen molar-refractivity contribution in [1.82, 2.24) is 5.32 Å². The molecule has 3 N–H and O–H groups in total. The minimum Gasteiger partial charge on any atom is -0.396 e. The summed E-state index contributed by atoms with van der Waals surface area (Å²) in [6, 6.07) is 1.82. The number of rotatable bonds is 6. The SMILES string of the molecule is Cc1cc(NC(=O)C(C)(C)C)sc1C(=O)NCC(C)(C)CCO. The van der Waals surface area contributed by atoms with Crippen molar-refractivity contribution in [1.29, 1.82) is 0 Å². The highest BCUT2D eigenvalue weighted by atomic mass is 32.1. The van der Waals surface area contributed by atoms with E-state index in [1.807, 2.05) is 47.6 Å². The largest absolute Gasteiger partial charge is 0.396 e. The standard InChI is InChI=1S/C17H28N2O3S/c1-11-9-12(19-15(22)16(2,3)4)23-13(11)14(21)18-10-17(5,6)7-8-20/h9,20H,7-8,10H2,1-6H3,(H,18,21)(H,19,22). The molecular formula is C17H28N2O3S. The number of anilines is 1. The fourth-order valence-corrected chi connectivity index (χ4v) is 2.84. The first kappa shape index (κ1) is 19.6. The first-order valence-electron chi connectivity index (χ1n) is 7.77. The van der Waals surface area contributed by atoms with Crippen LogP contribution in [0.5, 0.6) is 0 Å². The molecule has 1 rings (SSSR count). The molecular weight excluding hydrogens is 312 g/mol. The van der Waals surface area contributed by atoms with Crippen molar-refractivity contribution in [2.75, 3.05) is 18.5 Å². The van der Waals surface area contributed by atoms with Crippen LogP contribution in [0.1, 0.15) is 56.3 Å². The fraction of sp³-hybridized carbons (Fsp3) is 0.647. The van der Waals surface area contributed by atoms with Crippen molar-refractivity contribution in [2.45, 2.75) is 48.0 Å². The molecule has 0 saturated carbocycles. The maximum absolute atomic E-state index is 12.3. The molecule has 5 nitrogen and oxygen atoms in total. The van der Waals surface area contributed by atoms with E-state index in [1.54, 1.807) is 0 Å². The zero-order valence-corrected chi connectivity index (χ0v) is 15.7. The first-order valence-corrected chi connectivity index (χ1v) is 8.59. The van der Waals surface area contributed by atoms with Gasteiger partial charge in [-0.15, -0.1) is 11.3 Å². The zero-order valence-electron chi connectivity index (χ0n) is 14.9. The zero-order chi connectivity index (χ0) is 17.8. The lowest BCUT2D eigenvalue weighted by Crippen LogP contribution is -2.34. The van der Waals surface area contributed by atoms with Gasteiger partial charge in [0.25, 0.3) is 5.91 Å². The minimum atomic E-state index is -0.478. The van der Waals surface area contributed by atoms with E-state index < -0.39 is 5.41 Å². The molecule has 0 aromatic carbocycles. The van der Waals surface area contributed by atoms with E-state index in [1.165, 1.54) is 11.3 Å². The van der Waals surface area contributed by atoms with E-state index in [9.17, 15) is 9.59 Å². The second kappa shape index (κ2) is 7.45. The van der Waals surface area contributed by atoms with Gasteiger partial charge >= 0.3 is 0 Å². The first-order chi connectivity index (χ1) is 10.5. The number of amides is 2. The van der Waals surface area contributed by atoms with Crippen LogP contribution in [0, 0.1) is 17.8 Å². The van der Waals surface area contributed by atoms with Crippen LogP contribution in [-0.4, -0.2) is 30.1 Å². The van der Waals surface area contributed by atoms with Gasteiger partial charge in [0.2, 0.25) is 5.91 Å². The van der Waals surface area contributed by atoms with Gasteiger partial charge in [-0.1, -0.05) is 34.6 Å². The summed E-state index contributed by atoms with van der Waals surface area (Å²) >= 11 is 1.28. The van der Waals surface area contributed by atoms with E-state index in [0.29, 0.717) is 22.8 Å². The van der Waals surface area contributed by atoms with Crippen molar-refractivity contribution in [3.8, 4) is 0 Å². The Balaban J connectivity index is 2.74. The van der Waals surface area contributed by atoms with Gasteiger partial charge in [-0.25, -0.2) is 0 Å². The lowest BCUT2D eigenvalue weighted by molar-refractivity contribution is -0.123. The number of carbonyl (C=O) groups excluding carboxylic acids is 2. The predicted molar refractivity (Wildman–Crippen MR) is 95.0 cm³/mol. The highest BCUT2D eigenvalue weighted by Gasteiger charge is 2.24. The fourth-order valence-electron chi connectivity index (χ4n) is 1.86. The van der Waals surface area contributed by atoms with Crippen LogP contribution in [-0.2, 0) is 4.79 Å². The Bertz CT molecular complexity index is 571. The molecule has 0 aliphatic carbocycles. The maximum Gasteiger partial charge on any atom is 0.261 e. The smallest absolute Gasteiger partial charge is 0.261 e. The molecule has 6 heteroatoms. The van der Waals surface area contributed by atoms with E-state index >= 15 is 0 Å². The van der Waals surface area contributed by atoms with Gasteiger partial charge in [-0.3, -0.25) is 9.59 Å². The summed E-state index contributed by atoms with van der Waals surface area (Å²) in [7, 11) is 0. The summed E-state index contributed by atoms with van der Waals surface area (Å²) in [6.07, 6.45) is 0.629. The number of aliphatic hydroxyl groups excluding tert-OH is 1. The Hall–Kier alpha value is -1.40. The summed E-state index contributed by atoms with van der Waals surface area (Å²) in [5.74, 6) is -0.218. The molecule has 0 radical (unpaired) electrons. The monoisotopic (exact) mass is 340 g/mol. The van der Waals surface area contributed by atoms with Crippen LogP contribution >= 0.6 is 11.3 Å². The maximum atomic E-state index is 12.3. The Labute approximate surface area is 142 Å². The number of carbonyl (C=O) groups is 2. The average molecular weight is 340 g/mol. The number of hydrogen-bond acceptors (Lipinski definition) is 4. The average Bonchev–Trinajstić information content (AvgIpc) is 2.76. The molecule has 1 heterocycles. The molecule has 0 unspecified atom stereocenters. The molecule has 0 fully saturated rings. The third-order valence-corrected chi connectivity index (χ3v) is 4.71. The van der Waals surface area contributed by atoms with Crippen molar-refractivity contribution in [3.63, 3.8) is 0 Å². The van der Waals surface area contributed by atoms with Crippen molar-refractivity contribution in [3.05, 3.63) is 16.5 Å². The second-order valence-electron chi connectivity index (χ2n) is 7.65. The third kappa shape index (κ3) is 5.95. The lowest BCUT2D eigenvalue weighted by atomic mass is 9.90. The van der Waals surface area contributed by atoms with Crippen molar-refractivity contribution in [2.24, 2.45) is 10.8 Å². The van der Waals surface area contributed by atoms with Gasteiger partial charge in [0.15, 0.2) is 0 Å². The minimum absolute atomic E-state index is 0.0743. The number of aryl methyl sites for hydroxylation is 1. The Morgan fingerprint density at radius 1 is 1.22 bits per heavy atom. The van der Waals surface area contributed by atoms with E-state index in [2.05, 4.69) is 10.6 Å². The highest BCUT2D eigenvalue weighted by Crippen LogP contribution is 2.28. The molecule has 0 aliphatic rings. The number of hydrogen-bond donors (Lipinski definition) is 3. The normalized spacial score (nSPS) is 12.1. The van der Waals surface area contributed by atoms with Gasteiger partial charge in [0.1, 0.15) is 0 Å². The molecule has 2 amide bonds. The molecule has 0 atom stereocenters. The van der Waals surface area contributed by atoms with Gasteiger partial charge in [-0.2, -0.15) is 0 Å². The quantitative estimate of drug-likeness (QED) is 0.744. The van der Waals surface area contributed by atoms with Gasteiger partial charge in [0.05, 0.1) is 9.88 Å². The summed E-state index contributed by atoms with van der Waals surface area (Å²) in [5.41, 5.74) is 0.213. The molecule has 0 aliphatic heterocycles. The number of thiophene rings is 1. The summed E-state index contributed by atoms with van der Waals surface area (Å²) in [6.45, 7) is 12.0. The third-order valence-electron chi connectivity index (χ3n) is 3.56. The van der Waals surface area contributed by atoms with Crippen LogP contribution in [0.4, 0.5) is 5.00 Å². The van der Waals surface area contributed by atoms with Crippen molar-refractivity contribution < 1.29 is 14.7 Å². The highest BCUT2D eigenvalue weighted by molar-refractivity contribution is 7.18. The number of aliphatic hydroxyl groups is 1. The van der Waals surface area contributed by atoms with Crippen molar-refractivity contribution >= 4 is 28.2 Å². The molecule has 130 valence electrons. The van der Waals surface area contributed by atoms with E-state index in [-0.39, 0.29) is 23.8 Å². The Kier molecular flexibility index (Phi) is 6.36. The Morgan fingerprint density at radius 3 is 2.35 bits per heavy atom. The summed E-state index contributed by atoms with van der Waals surface area (Å²) in [5, 5.41) is 15.5. The molecule has 0 bridgehead atoms. The molecule has 0 spiro atoms. The van der Waals surface area contributed by atoms with Crippen LogP contribution in [0.2, 0.25) is 0 Å². The topological polar surface area (TPSA) is 78.4 Å². The molecule has 0 saturated heterocycles. The summed E-state index contributed by atoms with van der Waals surface area (Å²) < 4.78 is 0. The molecule has 1 aromatic rings.